The van der Waals surface area contributed by atoms with Gasteiger partial charge in [0.05, 0.1) is 19.2 Å². The maximum atomic E-state index is 13.5. The number of hydrogen-bond acceptors (Lipinski definition) is 4. The number of nitrogens with one attached hydrogen (secondary N) is 1. The Morgan fingerprint density at radius 1 is 0.970 bits per heavy atom. The van der Waals surface area contributed by atoms with Crippen molar-refractivity contribution < 1.29 is 14.3 Å². The van der Waals surface area contributed by atoms with Crippen molar-refractivity contribution >= 4 is 40.5 Å². The minimum Gasteiger partial charge on any atom is -0.497 e. The van der Waals surface area contributed by atoms with Gasteiger partial charge in [-0.2, -0.15) is 0 Å². The first-order valence-corrected chi connectivity index (χ1v) is 11.1. The fourth-order valence-electron chi connectivity index (χ4n) is 3.86. The van der Waals surface area contributed by atoms with Gasteiger partial charge in [0.2, 0.25) is 5.91 Å². The SMILES string of the molecule is COc1ccc(N2C(=O)C(CC(=O)Nc3ccccc3)N(CCc3ccccc3)C2=S)cc1. The van der Waals surface area contributed by atoms with Crippen molar-refractivity contribution in [2.75, 3.05) is 23.9 Å². The molecule has 1 heterocycles. The Kier molecular flexibility index (Phi) is 7.00. The molecular formula is C26H25N3O3S. The number of para-hydroxylation sites is 1. The summed E-state index contributed by atoms with van der Waals surface area (Å²) in [5, 5.41) is 3.27. The molecule has 1 unspecified atom stereocenters. The summed E-state index contributed by atoms with van der Waals surface area (Å²) in [5.74, 6) is 0.251. The predicted molar refractivity (Wildman–Crippen MR) is 133 cm³/mol. The van der Waals surface area contributed by atoms with Crippen LogP contribution < -0.4 is 15.0 Å². The predicted octanol–water partition coefficient (Wildman–Crippen LogP) is 4.27. The van der Waals surface area contributed by atoms with E-state index in [1.807, 2.05) is 65.6 Å². The van der Waals surface area contributed by atoms with Crippen LogP contribution in [0.2, 0.25) is 0 Å². The van der Waals surface area contributed by atoms with E-state index in [-0.39, 0.29) is 18.2 Å². The lowest BCUT2D eigenvalue weighted by Gasteiger charge is -2.24. The van der Waals surface area contributed by atoms with Crippen LogP contribution in [-0.4, -0.2) is 41.5 Å². The van der Waals surface area contributed by atoms with Gasteiger partial charge in [-0.05, 0) is 60.6 Å². The summed E-state index contributed by atoms with van der Waals surface area (Å²) in [6, 6.07) is 25.7. The third-order valence-corrected chi connectivity index (χ3v) is 5.99. The quantitative estimate of drug-likeness (QED) is 0.510. The van der Waals surface area contributed by atoms with Crippen LogP contribution in [0.25, 0.3) is 0 Å². The molecule has 1 aliphatic rings. The van der Waals surface area contributed by atoms with Crippen LogP contribution in [0.15, 0.2) is 84.9 Å². The number of methoxy groups -OCH3 is 1. The van der Waals surface area contributed by atoms with E-state index in [1.54, 1.807) is 31.4 Å². The van der Waals surface area contributed by atoms with Crippen LogP contribution in [0, 0.1) is 0 Å². The highest BCUT2D eigenvalue weighted by Crippen LogP contribution is 2.29. The van der Waals surface area contributed by atoms with E-state index < -0.39 is 6.04 Å². The summed E-state index contributed by atoms with van der Waals surface area (Å²) in [5.41, 5.74) is 2.49. The Labute approximate surface area is 198 Å². The Bertz CT molecular complexity index is 1120. The standard InChI is InChI=1S/C26H25N3O3S/c1-32-22-14-12-21(13-15-22)29-25(31)23(18-24(30)27-20-10-6-3-7-11-20)28(26(29)33)17-16-19-8-4-2-5-9-19/h2-15,23H,16-18H2,1H3,(H,27,30). The van der Waals surface area contributed by atoms with E-state index in [1.165, 1.54) is 4.90 Å². The first kappa shape index (κ1) is 22.5. The number of ether oxygens (including phenoxy) is 1. The van der Waals surface area contributed by atoms with Crippen molar-refractivity contribution in [2.24, 2.45) is 0 Å². The molecule has 3 aromatic carbocycles. The lowest BCUT2D eigenvalue weighted by atomic mass is 10.1. The molecule has 0 aliphatic carbocycles. The molecule has 1 saturated heterocycles. The number of anilines is 2. The molecule has 1 fully saturated rings. The Morgan fingerprint density at radius 2 is 1.61 bits per heavy atom. The van der Waals surface area contributed by atoms with Gasteiger partial charge in [-0.3, -0.25) is 14.5 Å². The molecule has 7 heteroatoms. The summed E-state index contributed by atoms with van der Waals surface area (Å²) in [7, 11) is 1.59. The molecular weight excluding hydrogens is 434 g/mol. The average molecular weight is 460 g/mol. The van der Waals surface area contributed by atoms with Crippen LogP contribution in [-0.2, 0) is 16.0 Å². The minimum absolute atomic E-state index is 0.00924. The van der Waals surface area contributed by atoms with E-state index in [0.29, 0.717) is 35.2 Å². The third-order valence-electron chi connectivity index (χ3n) is 5.57. The number of benzene rings is 3. The zero-order valence-corrected chi connectivity index (χ0v) is 19.1. The molecule has 168 valence electrons. The van der Waals surface area contributed by atoms with Crippen LogP contribution in [0.3, 0.4) is 0 Å². The van der Waals surface area contributed by atoms with Crippen LogP contribution in [0.4, 0.5) is 11.4 Å². The fourth-order valence-corrected chi connectivity index (χ4v) is 4.27. The second-order valence-corrected chi connectivity index (χ2v) is 8.08. The van der Waals surface area contributed by atoms with Gasteiger partial charge in [0.25, 0.3) is 5.91 Å². The third kappa shape index (κ3) is 5.21. The van der Waals surface area contributed by atoms with E-state index >= 15 is 0 Å². The zero-order valence-electron chi connectivity index (χ0n) is 18.3. The molecule has 33 heavy (non-hydrogen) atoms. The first-order valence-electron chi connectivity index (χ1n) is 10.7. The second kappa shape index (κ2) is 10.3. The topological polar surface area (TPSA) is 61.9 Å². The van der Waals surface area contributed by atoms with Crippen LogP contribution >= 0.6 is 12.2 Å². The first-order chi connectivity index (χ1) is 16.1. The highest BCUT2D eigenvalue weighted by atomic mass is 32.1. The van der Waals surface area contributed by atoms with E-state index in [2.05, 4.69) is 5.32 Å². The molecule has 2 amide bonds. The molecule has 3 aromatic rings. The Balaban J connectivity index is 1.56. The van der Waals surface area contributed by atoms with Gasteiger partial charge < -0.3 is 15.0 Å². The molecule has 0 radical (unpaired) electrons. The highest BCUT2D eigenvalue weighted by Gasteiger charge is 2.43. The van der Waals surface area contributed by atoms with Gasteiger partial charge in [-0.1, -0.05) is 48.5 Å². The molecule has 1 aliphatic heterocycles. The summed E-state index contributed by atoms with van der Waals surface area (Å²) in [6.45, 7) is 0.532. The normalized spacial score (nSPS) is 15.6. The molecule has 1 atom stereocenters. The van der Waals surface area contributed by atoms with E-state index in [0.717, 1.165) is 5.56 Å². The number of rotatable bonds is 8. The Hall–Kier alpha value is -3.71. The lowest BCUT2D eigenvalue weighted by molar-refractivity contribution is -0.124. The maximum absolute atomic E-state index is 13.5. The summed E-state index contributed by atoms with van der Waals surface area (Å²) in [6.07, 6.45) is 0.719. The van der Waals surface area contributed by atoms with Gasteiger partial charge in [0.1, 0.15) is 11.8 Å². The molecule has 0 saturated carbocycles. The fraction of sp³-hybridized carbons (Fsp3) is 0.192. The van der Waals surface area contributed by atoms with Gasteiger partial charge in [-0.15, -0.1) is 0 Å². The lowest BCUT2D eigenvalue weighted by Crippen LogP contribution is -2.39. The van der Waals surface area contributed by atoms with Gasteiger partial charge in [0.15, 0.2) is 5.11 Å². The molecule has 0 aromatic heterocycles. The molecule has 4 rings (SSSR count). The summed E-state index contributed by atoms with van der Waals surface area (Å²) < 4.78 is 5.22. The second-order valence-electron chi connectivity index (χ2n) is 7.72. The number of hydrogen-bond donors (Lipinski definition) is 1. The smallest absolute Gasteiger partial charge is 0.256 e. The van der Waals surface area contributed by atoms with Crippen molar-refractivity contribution in [3.8, 4) is 5.75 Å². The van der Waals surface area contributed by atoms with Crippen molar-refractivity contribution in [3.63, 3.8) is 0 Å². The van der Waals surface area contributed by atoms with Crippen LogP contribution in [0.5, 0.6) is 5.75 Å². The number of carbonyl (C=O) groups is 2. The van der Waals surface area contributed by atoms with E-state index in [4.69, 9.17) is 17.0 Å². The number of thiocarbonyl (C=S) groups is 1. The average Bonchev–Trinajstić information content (AvgIpc) is 3.07. The maximum Gasteiger partial charge on any atom is 0.256 e. The van der Waals surface area contributed by atoms with Gasteiger partial charge in [-0.25, -0.2) is 0 Å². The molecule has 0 spiro atoms. The number of carbonyl (C=O) groups excluding carboxylic acids is 2. The summed E-state index contributed by atoms with van der Waals surface area (Å²) in [4.78, 5) is 29.6. The number of nitrogens with zero attached hydrogens (tertiary/aromatic N) is 2. The zero-order chi connectivity index (χ0) is 23.2. The van der Waals surface area contributed by atoms with Crippen molar-refractivity contribution in [2.45, 2.75) is 18.9 Å². The number of amides is 2. The largest absolute Gasteiger partial charge is 0.497 e. The van der Waals surface area contributed by atoms with Gasteiger partial charge >= 0.3 is 0 Å². The highest BCUT2D eigenvalue weighted by molar-refractivity contribution is 7.80. The minimum atomic E-state index is -0.674. The molecule has 0 bridgehead atoms. The van der Waals surface area contributed by atoms with Gasteiger partial charge in [0, 0.05) is 12.2 Å². The van der Waals surface area contributed by atoms with Crippen molar-refractivity contribution in [1.29, 1.82) is 0 Å². The summed E-state index contributed by atoms with van der Waals surface area (Å²) >= 11 is 5.73. The monoisotopic (exact) mass is 459 g/mol. The van der Waals surface area contributed by atoms with E-state index in [9.17, 15) is 9.59 Å². The molecule has 6 nitrogen and oxygen atoms in total. The molecule has 1 N–H and O–H groups in total. The Morgan fingerprint density at radius 3 is 2.24 bits per heavy atom. The van der Waals surface area contributed by atoms with Crippen molar-refractivity contribution in [1.82, 2.24) is 4.90 Å². The van der Waals surface area contributed by atoms with Crippen molar-refractivity contribution in [3.05, 3.63) is 90.5 Å². The van der Waals surface area contributed by atoms with Crippen LogP contribution in [0.1, 0.15) is 12.0 Å².